The summed E-state index contributed by atoms with van der Waals surface area (Å²) in [5.41, 5.74) is 5.87. The molecule has 4 aliphatic heterocycles. The Morgan fingerprint density at radius 2 is 0.897 bits per heavy atom. The lowest BCUT2D eigenvalue weighted by atomic mass is 9.83. The predicted molar refractivity (Wildman–Crippen MR) is 424 cm³/mol. The zero-order valence-corrected chi connectivity index (χ0v) is 67.1. The van der Waals surface area contributed by atoms with Crippen LogP contribution in [0.5, 0.6) is 0 Å². The van der Waals surface area contributed by atoms with Crippen LogP contribution in [0.25, 0.3) is 0 Å². The smallest absolute Gasteiger partial charge is 0.407 e. The zero-order valence-electron chi connectivity index (χ0n) is 66.1. The van der Waals surface area contributed by atoms with Crippen molar-refractivity contribution in [2.45, 2.75) is 214 Å². The molecule has 117 heavy (non-hydrogen) atoms. The van der Waals surface area contributed by atoms with Crippen molar-refractivity contribution in [2.75, 3.05) is 32.9 Å². The summed E-state index contributed by atoms with van der Waals surface area (Å²) in [5, 5.41) is 67.6. The zero-order chi connectivity index (χ0) is 82.4. The van der Waals surface area contributed by atoms with Crippen LogP contribution in [0, 0.1) is 6.92 Å². The molecule has 5 fully saturated rings. The second-order valence-electron chi connectivity index (χ2n) is 30.9. The fourth-order valence-electron chi connectivity index (χ4n) is 13.9. The number of amides is 5. The molecule has 628 valence electrons. The maximum Gasteiger partial charge on any atom is 0.407 e. The summed E-state index contributed by atoms with van der Waals surface area (Å²) in [6.07, 6.45) is -30.6. The number of carbonyl (C=O) groups is 5. The van der Waals surface area contributed by atoms with Crippen LogP contribution >= 0.6 is 0 Å². The fraction of sp³-hybridized carbons (Fsp3) is 0.453. The highest BCUT2D eigenvalue weighted by atomic mass is 28.4. The van der Waals surface area contributed by atoms with E-state index in [9.17, 15) is 44.4 Å². The van der Waals surface area contributed by atoms with E-state index < -0.39 is 173 Å². The van der Waals surface area contributed by atoms with Gasteiger partial charge in [-0.2, -0.15) is 0 Å². The Labute approximate surface area is 680 Å². The topological polar surface area (TPSA) is 377 Å². The molecule has 5 amide bonds. The third-order valence-electron chi connectivity index (χ3n) is 21.4. The van der Waals surface area contributed by atoms with Gasteiger partial charge in [0.1, 0.15) is 118 Å². The van der Waals surface area contributed by atoms with Gasteiger partial charge in [-0.15, -0.1) is 0 Å². The second kappa shape index (κ2) is 41.8. The first-order chi connectivity index (χ1) is 56.5. The van der Waals surface area contributed by atoms with Gasteiger partial charge in [-0.05, 0) is 64.9 Å². The van der Waals surface area contributed by atoms with Gasteiger partial charge in [-0.25, -0.2) is 24.0 Å². The maximum atomic E-state index is 14.7. The summed E-state index contributed by atoms with van der Waals surface area (Å²) in [6, 6.07) is 55.2. The monoisotopic (exact) mass is 1630 g/mol. The lowest BCUT2D eigenvalue weighted by Gasteiger charge is -2.51. The Hall–Kier alpha value is -9.49. The Bertz CT molecular complexity index is 4230. The molecular weight excluding hydrogens is 1530 g/mol. The Kier molecular flexibility index (Phi) is 31.0. The summed E-state index contributed by atoms with van der Waals surface area (Å²) < 4.78 is 97.8. The van der Waals surface area contributed by atoms with Crippen molar-refractivity contribution < 1.29 is 115 Å². The number of ether oxygens (including phenoxy) is 14. The number of benzene rings is 7. The molecular formula is C86H106N6O24Si. The molecule has 20 atom stereocenters. The molecule has 0 radical (unpaired) electrons. The number of hydrogen-bond donors (Lipinski definition) is 10. The van der Waals surface area contributed by atoms with Crippen LogP contribution < -0.4 is 31.9 Å². The summed E-state index contributed by atoms with van der Waals surface area (Å²) in [7, 11) is -2.81. The van der Waals surface area contributed by atoms with Gasteiger partial charge >= 0.3 is 30.5 Å². The molecule has 10 N–H and O–H groups in total. The van der Waals surface area contributed by atoms with Crippen LogP contribution in [0.2, 0.25) is 18.1 Å². The van der Waals surface area contributed by atoms with E-state index in [-0.39, 0.29) is 65.8 Å². The molecule has 0 bridgehead atoms. The molecule has 7 aromatic rings. The van der Waals surface area contributed by atoms with Crippen LogP contribution in [0.4, 0.5) is 24.0 Å². The summed E-state index contributed by atoms with van der Waals surface area (Å²) in [6.45, 7) is 10.7. The number of aliphatic hydroxyl groups is 4. The van der Waals surface area contributed by atoms with Crippen molar-refractivity contribution in [3.8, 4) is 0 Å². The average Bonchev–Trinajstić information content (AvgIpc) is 1.14. The van der Waals surface area contributed by atoms with Crippen molar-refractivity contribution in [1.82, 2.24) is 31.9 Å². The van der Waals surface area contributed by atoms with Crippen LogP contribution in [-0.2, 0) is 110 Å². The highest BCUT2D eigenvalue weighted by Crippen LogP contribution is 2.42. The Balaban J connectivity index is 0.938. The molecule has 0 aromatic heterocycles. The van der Waals surface area contributed by atoms with Crippen molar-refractivity contribution in [3.63, 3.8) is 0 Å². The minimum absolute atomic E-state index is 0.108. The molecule has 4 saturated heterocycles. The van der Waals surface area contributed by atoms with E-state index in [0.717, 1.165) is 11.1 Å². The van der Waals surface area contributed by atoms with Gasteiger partial charge in [0.2, 0.25) is 0 Å². The van der Waals surface area contributed by atoms with E-state index in [0.29, 0.717) is 39.9 Å². The summed E-state index contributed by atoms with van der Waals surface area (Å²) in [5.74, 6) is 0. The van der Waals surface area contributed by atoms with E-state index in [1.165, 1.54) is 0 Å². The van der Waals surface area contributed by atoms with E-state index in [1.807, 2.05) is 83.3 Å². The van der Waals surface area contributed by atoms with Crippen LogP contribution in [0.1, 0.15) is 78.0 Å². The molecule has 31 heteroatoms. The first-order valence-electron chi connectivity index (χ1n) is 39.3. The van der Waals surface area contributed by atoms with E-state index in [2.05, 4.69) is 31.9 Å². The number of hydrogen-bond acceptors (Lipinski definition) is 25. The van der Waals surface area contributed by atoms with Gasteiger partial charge in [0.25, 0.3) is 0 Å². The normalized spacial score (nSPS) is 27.7. The number of fused-ring (bicyclic) bond motifs is 1. The largest absolute Gasteiger partial charge is 0.445 e. The standard InChI is InChI=1S/C86H106N6O24Si/c1-53-37-39-54(40-38-53)44-87-41-42-102-76-74(115-78-66(91-84(100)107-49-58-31-19-10-20-32-58)70(95)69(94)63(110-78)45-88-81(97)104-46-55-25-13-7-14-26-55)65(52-109-117(5,6)86(2,3)4)112-80(76)116-75-68(93)61(89-82(98)105-47-56-27-15-8-16-28-56)43-62(90-83(99)106-48-57-29-17-9-18-30-57)72(75)113-79-67(92-85(101)108-50-59-33-21-11-22-34-59)71(96)73-64(111-79)51-103-77(114-73)60-35-23-12-24-36-60/h7-40,61-80,87,93-96H,41-52H2,1-6H3,(H,88,97)(H,89,98)(H,90,99)(H,91,100)(H,92,101)/t61-,62+,63+,64-,65-,66-,67-,68+,69-,70-,71-,72-,73-,74-,75-,76-,77?,78-,79-,80+/m1/s1. The van der Waals surface area contributed by atoms with Crippen LogP contribution in [0.15, 0.2) is 206 Å². The van der Waals surface area contributed by atoms with E-state index in [1.54, 1.807) is 164 Å². The molecule has 4 heterocycles. The van der Waals surface area contributed by atoms with Gasteiger partial charge in [0.05, 0.1) is 31.9 Å². The quantitative estimate of drug-likeness (QED) is 0.0107. The SMILES string of the molecule is Cc1ccc(CNCCO[C@H]2[C@H](O[C@@H]3[C@@H](O)[C@H](NC(=O)OCc4ccccc4)C[C@H](NC(=O)OCc4ccccc4)[C@H]3O[C@H]3O[C@@H]4COC(c5ccccc5)O[C@H]4[C@H](O)[C@H]3NC(=O)OCc3ccccc3)O[C@H](CO[Si](C)(C)C(C)(C)C)[C@H]2O[C@H]2O[C@@H](CNC(=O)OCc3ccccc3)[C@@H](O)[C@H](O)[C@H]2NC(=O)OCc2ccccc2)cc1. The number of rotatable bonds is 32. The molecule has 1 aliphatic carbocycles. The Morgan fingerprint density at radius 3 is 1.41 bits per heavy atom. The third-order valence-corrected chi connectivity index (χ3v) is 25.9. The van der Waals surface area contributed by atoms with Gasteiger partial charge in [0, 0.05) is 25.2 Å². The minimum Gasteiger partial charge on any atom is -0.445 e. The number of carbonyl (C=O) groups excluding carboxylic acids is 5. The number of aliphatic hydroxyl groups excluding tert-OH is 4. The Morgan fingerprint density at radius 1 is 0.453 bits per heavy atom. The van der Waals surface area contributed by atoms with Gasteiger partial charge < -0.3 is 123 Å². The second-order valence-corrected chi connectivity index (χ2v) is 35.7. The molecule has 7 aromatic carbocycles. The summed E-state index contributed by atoms with van der Waals surface area (Å²) >= 11 is 0. The average molecular weight is 1640 g/mol. The molecule has 0 spiro atoms. The van der Waals surface area contributed by atoms with Crippen molar-refractivity contribution in [1.29, 1.82) is 0 Å². The van der Waals surface area contributed by atoms with Crippen molar-refractivity contribution in [2.24, 2.45) is 0 Å². The molecule has 1 saturated carbocycles. The summed E-state index contributed by atoms with van der Waals surface area (Å²) in [4.78, 5) is 71.0. The minimum atomic E-state index is -2.81. The molecule has 5 aliphatic rings. The van der Waals surface area contributed by atoms with Crippen molar-refractivity contribution >= 4 is 38.8 Å². The van der Waals surface area contributed by atoms with Gasteiger partial charge in [-0.1, -0.05) is 233 Å². The fourth-order valence-corrected chi connectivity index (χ4v) is 14.9. The van der Waals surface area contributed by atoms with E-state index >= 15 is 0 Å². The highest BCUT2D eigenvalue weighted by Gasteiger charge is 2.59. The van der Waals surface area contributed by atoms with Gasteiger partial charge in [-0.3, -0.25) is 0 Å². The lowest BCUT2D eigenvalue weighted by molar-refractivity contribution is -0.358. The van der Waals surface area contributed by atoms with Crippen LogP contribution in [-0.4, -0.2) is 208 Å². The lowest BCUT2D eigenvalue weighted by Crippen LogP contribution is -2.71. The molecule has 30 nitrogen and oxygen atoms in total. The number of alkyl carbamates (subject to hydrolysis) is 5. The van der Waals surface area contributed by atoms with E-state index in [4.69, 9.17) is 70.7 Å². The predicted octanol–water partition coefficient (Wildman–Crippen LogP) is 8.89. The molecule has 1 unspecified atom stereocenters. The number of aryl methyl sites for hydroxylation is 1. The highest BCUT2D eigenvalue weighted by molar-refractivity contribution is 6.74. The van der Waals surface area contributed by atoms with Crippen LogP contribution in [0.3, 0.4) is 0 Å². The van der Waals surface area contributed by atoms with Gasteiger partial charge in [0.15, 0.2) is 33.5 Å². The molecule has 12 rings (SSSR count). The number of nitrogens with one attached hydrogen (secondary N) is 6. The third kappa shape index (κ3) is 24.4. The first kappa shape index (κ1) is 86.8. The van der Waals surface area contributed by atoms with Crippen molar-refractivity contribution in [3.05, 3.63) is 251 Å². The maximum absolute atomic E-state index is 14.7. The first-order valence-corrected chi connectivity index (χ1v) is 42.2.